The number of hydrogen-bond donors (Lipinski definition) is 1. The van der Waals surface area contributed by atoms with Gasteiger partial charge in [0.15, 0.2) is 11.5 Å². The van der Waals surface area contributed by atoms with Gasteiger partial charge in [-0.3, -0.25) is 4.72 Å². The number of aromatic nitrogens is 1. The van der Waals surface area contributed by atoms with Crippen molar-refractivity contribution in [2.75, 3.05) is 25.5 Å². The van der Waals surface area contributed by atoms with Gasteiger partial charge in [0, 0.05) is 11.6 Å². The number of carbonyl (C=O) groups excluding carboxylic acids is 1. The molecule has 0 saturated heterocycles. The second-order valence-corrected chi connectivity index (χ2v) is 7.62. The standard InChI is InChI=1S/C20H20N2O7S/c1-4-28-20(23)15-12-18(29-21-15)13-9-10-17(27-3)19(11-13)30(24,25)22-14-7-5-6-8-16(14)26-2/h5-12,22H,4H2,1-3H3. The lowest BCUT2D eigenvalue weighted by molar-refractivity contribution is 0.0514. The van der Waals surface area contributed by atoms with Crippen LogP contribution in [0.5, 0.6) is 11.5 Å². The van der Waals surface area contributed by atoms with Crippen molar-refractivity contribution in [3.05, 3.63) is 54.2 Å². The summed E-state index contributed by atoms with van der Waals surface area (Å²) < 4.78 is 49.1. The number of benzene rings is 2. The van der Waals surface area contributed by atoms with Gasteiger partial charge in [-0.1, -0.05) is 17.3 Å². The van der Waals surface area contributed by atoms with E-state index in [1.54, 1.807) is 37.3 Å². The molecule has 1 N–H and O–H groups in total. The fourth-order valence-electron chi connectivity index (χ4n) is 2.68. The lowest BCUT2D eigenvalue weighted by Crippen LogP contribution is -2.14. The van der Waals surface area contributed by atoms with Crippen LogP contribution in [0.2, 0.25) is 0 Å². The van der Waals surface area contributed by atoms with Gasteiger partial charge in [-0.15, -0.1) is 0 Å². The largest absolute Gasteiger partial charge is 0.495 e. The van der Waals surface area contributed by atoms with Crippen LogP contribution >= 0.6 is 0 Å². The van der Waals surface area contributed by atoms with Gasteiger partial charge in [0.25, 0.3) is 10.0 Å². The number of para-hydroxylation sites is 2. The van der Waals surface area contributed by atoms with E-state index in [1.807, 2.05) is 0 Å². The zero-order valence-corrected chi connectivity index (χ0v) is 17.4. The van der Waals surface area contributed by atoms with Crippen molar-refractivity contribution < 1.29 is 31.9 Å². The maximum Gasteiger partial charge on any atom is 0.360 e. The van der Waals surface area contributed by atoms with Gasteiger partial charge in [-0.2, -0.15) is 0 Å². The van der Waals surface area contributed by atoms with Crippen molar-refractivity contribution >= 4 is 21.7 Å². The summed E-state index contributed by atoms with van der Waals surface area (Å²) in [7, 11) is -1.24. The highest BCUT2D eigenvalue weighted by Gasteiger charge is 2.23. The minimum atomic E-state index is -4.05. The van der Waals surface area contributed by atoms with E-state index in [-0.39, 0.29) is 34.4 Å². The number of anilines is 1. The number of sulfonamides is 1. The molecule has 0 unspecified atom stereocenters. The molecule has 3 aromatic rings. The van der Waals surface area contributed by atoms with E-state index in [2.05, 4.69) is 9.88 Å². The van der Waals surface area contributed by atoms with Crippen molar-refractivity contribution in [3.63, 3.8) is 0 Å². The summed E-state index contributed by atoms with van der Waals surface area (Å²) in [5.74, 6) is 0.0675. The minimum absolute atomic E-state index is 0.0146. The Morgan fingerprint density at radius 3 is 2.50 bits per heavy atom. The molecule has 2 aromatic carbocycles. The van der Waals surface area contributed by atoms with Crippen LogP contribution in [0.4, 0.5) is 5.69 Å². The summed E-state index contributed by atoms with van der Waals surface area (Å²) in [5, 5.41) is 3.67. The summed E-state index contributed by atoms with van der Waals surface area (Å²) in [4.78, 5) is 11.7. The van der Waals surface area contributed by atoms with E-state index in [9.17, 15) is 13.2 Å². The van der Waals surface area contributed by atoms with Crippen LogP contribution < -0.4 is 14.2 Å². The number of carbonyl (C=O) groups is 1. The Bertz CT molecular complexity index is 1160. The first-order valence-electron chi connectivity index (χ1n) is 8.87. The van der Waals surface area contributed by atoms with Gasteiger partial charge in [0.2, 0.25) is 0 Å². The van der Waals surface area contributed by atoms with Crippen molar-refractivity contribution in [1.82, 2.24) is 5.16 Å². The predicted octanol–water partition coefficient (Wildman–Crippen LogP) is 3.34. The van der Waals surface area contributed by atoms with E-state index in [0.717, 1.165) is 0 Å². The third-order valence-electron chi connectivity index (χ3n) is 4.08. The summed E-state index contributed by atoms with van der Waals surface area (Å²) in [6.07, 6.45) is 0. The Morgan fingerprint density at radius 1 is 1.07 bits per heavy atom. The van der Waals surface area contributed by atoms with Crippen LogP contribution in [-0.4, -0.2) is 40.4 Å². The van der Waals surface area contributed by atoms with Crippen LogP contribution in [0, 0.1) is 0 Å². The molecular weight excluding hydrogens is 412 g/mol. The molecule has 10 heteroatoms. The smallest absolute Gasteiger partial charge is 0.360 e. The maximum atomic E-state index is 13.1. The van der Waals surface area contributed by atoms with Crippen molar-refractivity contribution in [2.24, 2.45) is 0 Å². The molecule has 0 saturated carbocycles. The molecule has 0 aliphatic heterocycles. The molecule has 0 amide bonds. The molecule has 0 spiro atoms. The van der Waals surface area contributed by atoms with Crippen molar-refractivity contribution in [2.45, 2.75) is 11.8 Å². The fraction of sp³-hybridized carbons (Fsp3) is 0.200. The second-order valence-electron chi connectivity index (χ2n) is 5.97. The van der Waals surface area contributed by atoms with Gasteiger partial charge in [-0.25, -0.2) is 13.2 Å². The monoisotopic (exact) mass is 432 g/mol. The molecule has 1 heterocycles. The second kappa shape index (κ2) is 8.87. The predicted molar refractivity (Wildman–Crippen MR) is 108 cm³/mol. The molecule has 0 radical (unpaired) electrons. The fourth-order valence-corrected chi connectivity index (χ4v) is 3.95. The Balaban J connectivity index is 1.99. The average molecular weight is 432 g/mol. The number of nitrogens with zero attached hydrogens (tertiary/aromatic N) is 1. The van der Waals surface area contributed by atoms with Gasteiger partial charge in [-0.05, 0) is 37.3 Å². The van der Waals surface area contributed by atoms with Gasteiger partial charge in [0.05, 0.1) is 26.5 Å². The van der Waals surface area contributed by atoms with Crippen molar-refractivity contribution in [3.8, 4) is 22.8 Å². The molecule has 1 aromatic heterocycles. The summed E-state index contributed by atoms with van der Waals surface area (Å²) >= 11 is 0. The summed E-state index contributed by atoms with van der Waals surface area (Å²) in [6.45, 7) is 1.87. The topological polar surface area (TPSA) is 117 Å². The first kappa shape index (κ1) is 21.2. The van der Waals surface area contributed by atoms with Gasteiger partial charge < -0.3 is 18.7 Å². The summed E-state index contributed by atoms with van der Waals surface area (Å²) in [6, 6.07) is 12.4. The Labute approximate surface area is 173 Å². The van der Waals surface area contributed by atoms with Crippen molar-refractivity contribution in [1.29, 1.82) is 0 Å². The third kappa shape index (κ3) is 4.38. The number of methoxy groups -OCH3 is 2. The number of esters is 1. The number of rotatable bonds is 8. The van der Waals surface area contributed by atoms with E-state index < -0.39 is 16.0 Å². The van der Waals surface area contributed by atoms with Crippen LogP contribution in [0.15, 0.2) is 57.9 Å². The molecule has 0 bridgehead atoms. The maximum absolute atomic E-state index is 13.1. The molecule has 30 heavy (non-hydrogen) atoms. The molecule has 3 rings (SSSR count). The SMILES string of the molecule is CCOC(=O)c1cc(-c2ccc(OC)c(S(=O)(=O)Nc3ccccc3OC)c2)on1. The van der Waals surface area contributed by atoms with Crippen LogP contribution in [0.3, 0.4) is 0 Å². The molecule has 9 nitrogen and oxygen atoms in total. The zero-order chi connectivity index (χ0) is 21.7. The highest BCUT2D eigenvalue weighted by Crippen LogP contribution is 2.33. The van der Waals surface area contributed by atoms with E-state index in [1.165, 1.54) is 32.4 Å². The number of ether oxygens (including phenoxy) is 3. The molecule has 158 valence electrons. The Hall–Kier alpha value is -3.53. The quantitative estimate of drug-likeness (QED) is 0.539. The Morgan fingerprint density at radius 2 is 1.80 bits per heavy atom. The lowest BCUT2D eigenvalue weighted by Gasteiger charge is -2.14. The normalized spacial score (nSPS) is 11.0. The van der Waals surface area contributed by atoms with Gasteiger partial charge >= 0.3 is 5.97 Å². The minimum Gasteiger partial charge on any atom is -0.495 e. The molecule has 0 fully saturated rings. The molecule has 0 aliphatic rings. The lowest BCUT2D eigenvalue weighted by atomic mass is 10.1. The third-order valence-corrected chi connectivity index (χ3v) is 5.47. The van der Waals surface area contributed by atoms with Crippen LogP contribution in [0.1, 0.15) is 17.4 Å². The highest BCUT2D eigenvalue weighted by atomic mass is 32.2. The number of hydrogen-bond acceptors (Lipinski definition) is 8. The number of nitrogens with one attached hydrogen (secondary N) is 1. The summed E-state index contributed by atoms with van der Waals surface area (Å²) in [5.41, 5.74) is 0.648. The Kier molecular flexibility index (Phi) is 6.26. The first-order valence-corrected chi connectivity index (χ1v) is 10.4. The average Bonchev–Trinajstić information content (AvgIpc) is 3.24. The van der Waals surface area contributed by atoms with Gasteiger partial charge in [0.1, 0.15) is 16.4 Å². The molecular formula is C20H20N2O7S. The van der Waals surface area contributed by atoms with E-state index in [4.69, 9.17) is 18.7 Å². The van der Waals surface area contributed by atoms with E-state index in [0.29, 0.717) is 11.3 Å². The molecule has 0 atom stereocenters. The molecule has 0 aliphatic carbocycles. The van der Waals surface area contributed by atoms with Crippen LogP contribution in [0.25, 0.3) is 11.3 Å². The zero-order valence-electron chi connectivity index (χ0n) is 16.5. The highest BCUT2D eigenvalue weighted by molar-refractivity contribution is 7.92. The first-order chi connectivity index (χ1) is 14.4. The van der Waals surface area contributed by atoms with Crippen LogP contribution in [-0.2, 0) is 14.8 Å². The van der Waals surface area contributed by atoms with E-state index >= 15 is 0 Å².